The van der Waals surface area contributed by atoms with Crippen LogP contribution in [0.5, 0.6) is 5.88 Å². The predicted octanol–water partition coefficient (Wildman–Crippen LogP) is 1.28. The molecule has 0 bridgehead atoms. The highest BCUT2D eigenvalue weighted by Gasteiger charge is 2.20. The van der Waals surface area contributed by atoms with E-state index in [4.69, 9.17) is 4.74 Å². The lowest BCUT2D eigenvalue weighted by atomic mass is 10.1. The lowest BCUT2D eigenvalue weighted by Gasteiger charge is -2.37. The SMILES string of the molecule is CCC1CNCCN1c1ccnc(OC)c1. The summed E-state index contributed by atoms with van der Waals surface area (Å²) in [7, 11) is 1.65. The van der Waals surface area contributed by atoms with Gasteiger partial charge in [0.05, 0.1) is 7.11 Å². The lowest BCUT2D eigenvalue weighted by Crippen LogP contribution is -2.51. The van der Waals surface area contributed by atoms with Gasteiger partial charge in [0, 0.05) is 43.6 Å². The van der Waals surface area contributed by atoms with Gasteiger partial charge in [0.1, 0.15) is 0 Å². The number of piperazine rings is 1. The molecule has 4 nitrogen and oxygen atoms in total. The molecule has 1 fully saturated rings. The van der Waals surface area contributed by atoms with Crippen LogP contribution < -0.4 is 15.0 Å². The second kappa shape index (κ2) is 5.16. The van der Waals surface area contributed by atoms with Crippen molar-refractivity contribution in [3.05, 3.63) is 18.3 Å². The number of anilines is 1. The Morgan fingerprint density at radius 1 is 1.62 bits per heavy atom. The van der Waals surface area contributed by atoms with Crippen molar-refractivity contribution in [3.63, 3.8) is 0 Å². The zero-order valence-electron chi connectivity index (χ0n) is 9.94. The van der Waals surface area contributed by atoms with E-state index < -0.39 is 0 Å². The van der Waals surface area contributed by atoms with E-state index in [1.165, 1.54) is 5.69 Å². The van der Waals surface area contributed by atoms with Gasteiger partial charge in [0.2, 0.25) is 5.88 Å². The Kier molecular flexibility index (Phi) is 3.62. The summed E-state index contributed by atoms with van der Waals surface area (Å²) in [5.74, 6) is 0.686. The summed E-state index contributed by atoms with van der Waals surface area (Å²) in [4.78, 5) is 6.57. The number of nitrogens with one attached hydrogen (secondary N) is 1. The van der Waals surface area contributed by atoms with Gasteiger partial charge in [-0.1, -0.05) is 6.92 Å². The number of nitrogens with zero attached hydrogens (tertiary/aromatic N) is 2. The van der Waals surface area contributed by atoms with Crippen LogP contribution in [0.3, 0.4) is 0 Å². The molecule has 0 radical (unpaired) electrons. The van der Waals surface area contributed by atoms with Crippen molar-refractivity contribution in [2.24, 2.45) is 0 Å². The Morgan fingerprint density at radius 3 is 3.25 bits per heavy atom. The molecule has 1 atom stereocenters. The van der Waals surface area contributed by atoms with Gasteiger partial charge in [-0.2, -0.15) is 0 Å². The number of pyridine rings is 1. The summed E-state index contributed by atoms with van der Waals surface area (Å²) in [6.45, 7) is 5.37. The van der Waals surface area contributed by atoms with Crippen LogP contribution in [0.4, 0.5) is 5.69 Å². The summed E-state index contributed by atoms with van der Waals surface area (Å²) in [6.07, 6.45) is 2.96. The summed E-state index contributed by atoms with van der Waals surface area (Å²) in [6, 6.07) is 4.63. The normalized spacial score (nSPS) is 20.9. The van der Waals surface area contributed by atoms with E-state index in [-0.39, 0.29) is 0 Å². The van der Waals surface area contributed by atoms with Gasteiger partial charge in [-0.15, -0.1) is 0 Å². The largest absolute Gasteiger partial charge is 0.481 e. The average Bonchev–Trinajstić information content (AvgIpc) is 2.38. The number of rotatable bonds is 3. The van der Waals surface area contributed by atoms with Crippen LogP contribution in [0.15, 0.2) is 18.3 Å². The van der Waals surface area contributed by atoms with Crippen LogP contribution in [0.25, 0.3) is 0 Å². The fraction of sp³-hybridized carbons (Fsp3) is 0.583. The van der Waals surface area contributed by atoms with Crippen molar-refractivity contribution < 1.29 is 4.74 Å². The van der Waals surface area contributed by atoms with Gasteiger partial charge in [-0.3, -0.25) is 0 Å². The van der Waals surface area contributed by atoms with Crippen molar-refractivity contribution in [1.82, 2.24) is 10.3 Å². The molecule has 1 saturated heterocycles. The summed E-state index contributed by atoms with van der Waals surface area (Å²) in [5.41, 5.74) is 1.21. The van der Waals surface area contributed by atoms with Crippen LogP contribution in [-0.2, 0) is 0 Å². The third-order valence-corrected chi connectivity index (χ3v) is 3.08. The van der Waals surface area contributed by atoms with E-state index in [2.05, 4.69) is 28.2 Å². The van der Waals surface area contributed by atoms with E-state index in [0.717, 1.165) is 26.1 Å². The van der Waals surface area contributed by atoms with Gasteiger partial charge in [-0.05, 0) is 12.5 Å². The molecule has 1 unspecified atom stereocenters. The van der Waals surface area contributed by atoms with Crippen LogP contribution in [0.1, 0.15) is 13.3 Å². The van der Waals surface area contributed by atoms with Crippen LogP contribution in [0, 0.1) is 0 Å². The maximum atomic E-state index is 5.16. The zero-order chi connectivity index (χ0) is 11.4. The van der Waals surface area contributed by atoms with Crippen LogP contribution in [-0.4, -0.2) is 37.8 Å². The maximum absolute atomic E-state index is 5.16. The molecule has 2 heterocycles. The first-order valence-electron chi connectivity index (χ1n) is 5.82. The summed E-state index contributed by atoms with van der Waals surface area (Å²) in [5, 5.41) is 3.43. The first kappa shape index (κ1) is 11.2. The smallest absolute Gasteiger partial charge is 0.214 e. The fourth-order valence-corrected chi connectivity index (χ4v) is 2.15. The number of hydrogen-bond acceptors (Lipinski definition) is 4. The number of methoxy groups -OCH3 is 1. The topological polar surface area (TPSA) is 37.4 Å². The van der Waals surface area contributed by atoms with Crippen molar-refractivity contribution in [3.8, 4) is 5.88 Å². The lowest BCUT2D eigenvalue weighted by molar-refractivity contribution is 0.397. The Hall–Kier alpha value is -1.29. The molecule has 16 heavy (non-hydrogen) atoms. The van der Waals surface area contributed by atoms with Crippen molar-refractivity contribution in [2.75, 3.05) is 31.6 Å². The van der Waals surface area contributed by atoms with Crippen LogP contribution >= 0.6 is 0 Å². The molecule has 1 aliphatic heterocycles. The first-order chi connectivity index (χ1) is 7.85. The Bertz CT molecular complexity index is 343. The minimum Gasteiger partial charge on any atom is -0.481 e. The van der Waals surface area contributed by atoms with Gasteiger partial charge in [0.25, 0.3) is 0 Å². The van der Waals surface area contributed by atoms with E-state index >= 15 is 0 Å². The quantitative estimate of drug-likeness (QED) is 0.834. The molecule has 4 heteroatoms. The molecule has 1 aromatic heterocycles. The standard InChI is InChI=1S/C12H19N3O/c1-3-10-9-13-6-7-15(10)11-4-5-14-12(8-11)16-2/h4-5,8,10,13H,3,6-7,9H2,1-2H3. The first-order valence-corrected chi connectivity index (χ1v) is 5.82. The number of ether oxygens (including phenoxy) is 1. The maximum Gasteiger partial charge on any atom is 0.214 e. The molecule has 0 amide bonds. The van der Waals surface area contributed by atoms with Gasteiger partial charge in [-0.25, -0.2) is 4.98 Å². The van der Waals surface area contributed by atoms with E-state index in [0.29, 0.717) is 11.9 Å². The molecule has 1 aliphatic rings. The molecule has 1 N–H and O–H groups in total. The van der Waals surface area contributed by atoms with Crippen LogP contribution in [0.2, 0.25) is 0 Å². The molecule has 0 aliphatic carbocycles. The van der Waals surface area contributed by atoms with E-state index in [1.807, 2.05) is 12.3 Å². The predicted molar refractivity (Wildman–Crippen MR) is 65.1 cm³/mol. The van der Waals surface area contributed by atoms with Gasteiger partial charge < -0.3 is 15.0 Å². The molecular formula is C12H19N3O. The number of aromatic nitrogens is 1. The third kappa shape index (κ3) is 2.27. The van der Waals surface area contributed by atoms with Crippen molar-refractivity contribution >= 4 is 5.69 Å². The summed E-state index contributed by atoms with van der Waals surface area (Å²) >= 11 is 0. The minimum atomic E-state index is 0.570. The zero-order valence-corrected chi connectivity index (χ0v) is 9.94. The second-order valence-corrected chi connectivity index (χ2v) is 4.02. The molecule has 88 valence electrons. The molecular weight excluding hydrogens is 202 g/mol. The van der Waals surface area contributed by atoms with Crippen molar-refractivity contribution in [2.45, 2.75) is 19.4 Å². The molecule has 0 aromatic carbocycles. The molecule has 0 saturated carbocycles. The number of hydrogen-bond donors (Lipinski definition) is 1. The van der Waals surface area contributed by atoms with E-state index in [1.54, 1.807) is 7.11 Å². The van der Waals surface area contributed by atoms with Crippen molar-refractivity contribution in [1.29, 1.82) is 0 Å². The fourth-order valence-electron chi connectivity index (χ4n) is 2.15. The summed E-state index contributed by atoms with van der Waals surface area (Å²) < 4.78 is 5.16. The minimum absolute atomic E-state index is 0.570. The second-order valence-electron chi connectivity index (χ2n) is 4.02. The molecule has 1 aromatic rings. The monoisotopic (exact) mass is 221 g/mol. The van der Waals surface area contributed by atoms with E-state index in [9.17, 15) is 0 Å². The average molecular weight is 221 g/mol. The highest BCUT2D eigenvalue weighted by molar-refractivity contribution is 5.49. The molecule has 0 spiro atoms. The molecule has 2 rings (SSSR count). The third-order valence-electron chi connectivity index (χ3n) is 3.08. The highest BCUT2D eigenvalue weighted by atomic mass is 16.5. The Balaban J connectivity index is 2.20. The Morgan fingerprint density at radius 2 is 2.50 bits per heavy atom. The van der Waals surface area contributed by atoms with Gasteiger partial charge >= 0.3 is 0 Å². The van der Waals surface area contributed by atoms with Gasteiger partial charge in [0.15, 0.2) is 0 Å². The highest BCUT2D eigenvalue weighted by Crippen LogP contribution is 2.22. The Labute approximate surface area is 96.6 Å².